The van der Waals surface area contributed by atoms with Gasteiger partial charge in [-0.25, -0.2) is 4.57 Å². The summed E-state index contributed by atoms with van der Waals surface area (Å²) in [6, 6.07) is 0. The number of rotatable bonds is 1. The van der Waals surface area contributed by atoms with Crippen LogP contribution >= 0.6 is 7.82 Å². The van der Waals surface area contributed by atoms with E-state index in [1.54, 1.807) is 11.1 Å². The second kappa shape index (κ2) is 5.14. The van der Waals surface area contributed by atoms with Crippen LogP contribution in [0.5, 0.6) is 0 Å². The van der Waals surface area contributed by atoms with Gasteiger partial charge in [0.2, 0.25) is 5.91 Å². The van der Waals surface area contributed by atoms with E-state index in [1.165, 1.54) is 0 Å². The molecule has 0 atom stereocenters. The van der Waals surface area contributed by atoms with Crippen LogP contribution in [0.4, 0.5) is 0 Å². The second-order valence-corrected chi connectivity index (χ2v) is 3.41. The van der Waals surface area contributed by atoms with E-state index < -0.39 is 7.82 Å². The molecular weight excluding hydrogens is 197 g/mol. The van der Waals surface area contributed by atoms with Crippen molar-refractivity contribution in [3.8, 4) is 0 Å². The fourth-order valence-electron chi connectivity index (χ4n) is 0.862. The first-order chi connectivity index (χ1) is 5.84. The van der Waals surface area contributed by atoms with E-state index >= 15 is 0 Å². The van der Waals surface area contributed by atoms with Crippen LogP contribution in [0.1, 0.15) is 12.8 Å². The van der Waals surface area contributed by atoms with Gasteiger partial charge in [0.1, 0.15) is 0 Å². The summed E-state index contributed by atoms with van der Waals surface area (Å²) in [5.74, 6) is 0.208. The van der Waals surface area contributed by atoms with E-state index in [-0.39, 0.29) is 5.91 Å². The monoisotopic (exact) mass is 209 g/mol. The predicted molar refractivity (Wildman–Crippen MR) is 45.4 cm³/mol. The number of phosphoric acid groups is 1. The average molecular weight is 209 g/mol. The Kier molecular flexibility index (Phi) is 4.87. The molecule has 76 valence electrons. The molecule has 0 bridgehead atoms. The summed E-state index contributed by atoms with van der Waals surface area (Å²) < 4.78 is 8.88. The topological polar surface area (TPSA) is 98.1 Å². The van der Waals surface area contributed by atoms with Crippen LogP contribution in [0.3, 0.4) is 0 Å². The zero-order valence-electron chi connectivity index (χ0n) is 6.96. The first kappa shape index (κ1) is 12.3. The molecule has 1 aliphatic heterocycles. The molecule has 1 amide bonds. The Morgan fingerprint density at radius 1 is 1.46 bits per heavy atom. The Morgan fingerprint density at radius 2 is 1.92 bits per heavy atom. The van der Waals surface area contributed by atoms with E-state index in [9.17, 15) is 4.79 Å². The zero-order valence-corrected chi connectivity index (χ0v) is 7.85. The Bertz CT molecular complexity index is 227. The van der Waals surface area contributed by atoms with Crippen LogP contribution in [0.25, 0.3) is 0 Å². The lowest BCUT2D eigenvalue weighted by Crippen LogP contribution is -2.16. The Labute approximate surface area is 75.7 Å². The van der Waals surface area contributed by atoms with Crippen molar-refractivity contribution in [3.05, 3.63) is 12.8 Å². The molecule has 1 heterocycles. The first-order valence-electron chi connectivity index (χ1n) is 3.55. The summed E-state index contributed by atoms with van der Waals surface area (Å²) >= 11 is 0. The predicted octanol–water partition coefficient (Wildman–Crippen LogP) is -0.176. The largest absolute Gasteiger partial charge is 0.466 e. The highest BCUT2D eigenvalue weighted by molar-refractivity contribution is 7.45. The minimum Gasteiger partial charge on any atom is -0.320 e. The molecule has 0 aromatic rings. The third kappa shape index (κ3) is 7.67. The number of carbonyl (C=O) groups excluding carboxylic acids is 1. The van der Waals surface area contributed by atoms with Gasteiger partial charge < -0.3 is 19.6 Å². The molecule has 1 saturated heterocycles. The Balaban J connectivity index is 0.000000252. The molecule has 1 aliphatic rings. The van der Waals surface area contributed by atoms with Gasteiger partial charge in [0, 0.05) is 13.0 Å². The smallest absolute Gasteiger partial charge is 0.320 e. The fraction of sp³-hybridized carbons (Fsp3) is 0.500. The summed E-state index contributed by atoms with van der Waals surface area (Å²) in [7, 11) is -4.64. The average Bonchev–Trinajstić information content (AvgIpc) is 2.31. The second-order valence-electron chi connectivity index (χ2n) is 2.39. The molecule has 1 rings (SSSR count). The maximum atomic E-state index is 10.7. The molecule has 0 radical (unpaired) electrons. The van der Waals surface area contributed by atoms with Crippen LogP contribution < -0.4 is 0 Å². The molecule has 0 aromatic heterocycles. The lowest BCUT2D eigenvalue weighted by molar-refractivity contribution is -0.125. The standard InChI is InChI=1S/C6H9NO.H3O4P/c1-2-7-5-3-4-6(7)8;1-5(2,3)4/h2H,1,3-5H2;(H3,1,2,3,4). The third-order valence-corrected chi connectivity index (χ3v) is 1.33. The number of likely N-dealkylation sites (tertiary alicyclic amines) is 1. The van der Waals surface area contributed by atoms with E-state index in [2.05, 4.69) is 6.58 Å². The number of hydrogen-bond donors (Lipinski definition) is 3. The summed E-state index contributed by atoms with van der Waals surface area (Å²) in [6.45, 7) is 4.36. The number of amides is 1. The molecule has 0 aromatic carbocycles. The summed E-state index contributed by atoms with van der Waals surface area (Å²) in [5.41, 5.74) is 0. The maximum Gasteiger partial charge on any atom is 0.466 e. The summed E-state index contributed by atoms with van der Waals surface area (Å²) in [4.78, 5) is 33.9. The molecule has 0 aliphatic carbocycles. The third-order valence-electron chi connectivity index (χ3n) is 1.33. The van der Waals surface area contributed by atoms with Crippen LogP contribution in [0.15, 0.2) is 12.8 Å². The van der Waals surface area contributed by atoms with Crippen molar-refractivity contribution < 1.29 is 24.0 Å². The molecule has 13 heavy (non-hydrogen) atoms. The maximum absolute atomic E-state index is 10.7. The number of carbonyl (C=O) groups is 1. The van der Waals surface area contributed by atoms with E-state index in [1.807, 2.05) is 0 Å². The molecule has 0 saturated carbocycles. The van der Waals surface area contributed by atoms with Crippen LogP contribution in [-0.4, -0.2) is 32.0 Å². The SMILES string of the molecule is C=CN1CCCC1=O.O=P(O)(O)O. The normalized spacial score (nSPS) is 16.5. The highest BCUT2D eigenvalue weighted by atomic mass is 31.2. The van der Waals surface area contributed by atoms with Gasteiger partial charge in [0.05, 0.1) is 0 Å². The van der Waals surface area contributed by atoms with Gasteiger partial charge in [0.15, 0.2) is 0 Å². The van der Waals surface area contributed by atoms with Gasteiger partial charge >= 0.3 is 7.82 Å². The number of hydrogen-bond acceptors (Lipinski definition) is 2. The fourth-order valence-corrected chi connectivity index (χ4v) is 0.862. The van der Waals surface area contributed by atoms with Crippen molar-refractivity contribution in [2.75, 3.05) is 6.54 Å². The highest BCUT2D eigenvalue weighted by Gasteiger charge is 2.15. The lowest BCUT2D eigenvalue weighted by Gasteiger charge is -2.05. The summed E-state index contributed by atoms with van der Waals surface area (Å²) in [6.07, 6.45) is 3.28. The van der Waals surface area contributed by atoms with E-state index in [0.29, 0.717) is 6.42 Å². The van der Waals surface area contributed by atoms with E-state index in [4.69, 9.17) is 19.2 Å². The Hall–Kier alpha value is -0.680. The molecule has 3 N–H and O–H groups in total. The van der Waals surface area contributed by atoms with Crippen LogP contribution in [0.2, 0.25) is 0 Å². The van der Waals surface area contributed by atoms with Gasteiger partial charge in [-0.05, 0) is 12.6 Å². The first-order valence-corrected chi connectivity index (χ1v) is 5.11. The minimum atomic E-state index is -4.64. The summed E-state index contributed by atoms with van der Waals surface area (Å²) in [5, 5.41) is 0. The molecule has 7 heteroatoms. The van der Waals surface area contributed by atoms with Crippen LogP contribution in [-0.2, 0) is 9.36 Å². The molecular formula is C6H12NO5P. The van der Waals surface area contributed by atoms with Crippen LogP contribution in [0, 0.1) is 0 Å². The Morgan fingerprint density at radius 3 is 2.08 bits per heavy atom. The molecule has 1 fully saturated rings. The zero-order chi connectivity index (χ0) is 10.5. The highest BCUT2D eigenvalue weighted by Crippen LogP contribution is 2.25. The lowest BCUT2D eigenvalue weighted by atomic mass is 10.4. The van der Waals surface area contributed by atoms with Crippen molar-refractivity contribution in [1.29, 1.82) is 0 Å². The van der Waals surface area contributed by atoms with Gasteiger partial charge in [0.25, 0.3) is 0 Å². The molecule has 6 nitrogen and oxygen atoms in total. The van der Waals surface area contributed by atoms with Gasteiger partial charge in [-0.1, -0.05) is 6.58 Å². The molecule has 0 unspecified atom stereocenters. The van der Waals surface area contributed by atoms with Gasteiger partial charge in [-0.15, -0.1) is 0 Å². The van der Waals surface area contributed by atoms with Crippen molar-refractivity contribution in [2.45, 2.75) is 12.8 Å². The van der Waals surface area contributed by atoms with Gasteiger partial charge in [-0.3, -0.25) is 4.79 Å². The van der Waals surface area contributed by atoms with Crippen molar-refractivity contribution in [3.63, 3.8) is 0 Å². The minimum absolute atomic E-state index is 0.208. The van der Waals surface area contributed by atoms with Gasteiger partial charge in [-0.2, -0.15) is 0 Å². The van der Waals surface area contributed by atoms with Crippen molar-refractivity contribution >= 4 is 13.7 Å². The van der Waals surface area contributed by atoms with Crippen molar-refractivity contribution in [1.82, 2.24) is 4.90 Å². The number of nitrogens with zero attached hydrogens (tertiary/aromatic N) is 1. The van der Waals surface area contributed by atoms with E-state index in [0.717, 1.165) is 13.0 Å². The van der Waals surface area contributed by atoms with Crippen molar-refractivity contribution in [2.24, 2.45) is 0 Å². The quantitative estimate of drug-likeness (QED) is 0.520. The molecule has 0 spiro atoms.